The average Bonchev–Trinajstić information content (AvgIpc) is 3.33. The number of hydrogen-bond acceptors (Lipinski definition) is 8. The zero-order valence-corrected chi connectivity index (χ0v) is 19.4. The van der Waals surface area contributed by atoms with Crippen molar-refractivity contribution in [2.24, 2.45) is 0 Å². The summed E-state index contributed by atoms with van der Waals surface area (Å²) in [4.78, 5) is 27.6. The lowest BCUT2D eigenvalue weighted by Crippen LogP contribution is -2.46. The van der Waals surface area contributed by atoms with Gasteiger partial charge < -0.3 is 24.7 Å². The van der Waals surface area contributed by atoms with E-state index in [-0.39, 0.29) is 6.61 Å². The fourth-order valence-electron chi connectivity index (χ4n) is 4.32. The van der Waals surface area contributed by atoms with Crippen LogP contribution in [0.2, 0.25) is 0 Å². The molecule has 1 saturated heterocycles. The number of carbonyl (C=O) groups excluding carboxylic acids is 2. The first-order chi connectivity index (χ1) is 16.2. The van der Waals surface area contributed by atoms with Crippen LogP contribution in [0.15, 0.2) is 39.2 Å². The highest BCUT2D eigenvalue weighted by Crippen LogP contribution is 2.42. The lowest BCUT2D eigenvalue weighted by atomic mass is 10.0. The Bertz CT molecular complexity index is 1040. The van der Waals surface area contributed by atoms with E-state index < -0.39 is 18.0 Å². The molecule has 11 heteroatoms. The van der Waals surface area contributed by atoms with Gasteiger partial charge >= 0.3 is 12.0 Å². The Morgan fingerprint density at radius 2 is 2.09 bits per heavy atom. The molecule has 2 aliphatic heterocycles. The van der Waals surface area contributed by atoms with Gasteiger partial charge in [-0.3, -0.25) is 4.57 Å². The maximum absolute atomic E-state index is 12.9. The van der Waals surface area contributed by atoms with E-state index >= 15 is 0 Å². The van der Waals surface area contributed by atoms with Crippen LogP contribution >= 0.6 is 11.8 Å². The summed E-state index contributed by atoms with van der Waals surface area (Å²) >= 11 is 1.47. The number of esters is 1. The lowest BCUT2D eigenvalue weighted by Gasteiger charge is -2.28. The van der Waals surface area contributed by atoms with Crippen molar-refractivity contribution < 1.29 is 18.7 Å². The van der Waals surface area contributed by atoms with Crippen molar-refractivity contribution in [3.05, 3.63) is 35.4 Å². The van der Waals surface area contributed by atoms with Crippen LogP contribution in [0.1, 0.15) is 56.9 Å². The fourth-order valence-corrected chi connectivity index (χ4v) is 5.29. The summed E-state index contributed by atoms with van der Waals surface area (Å²) in [5.74, 6) is 1.27. The highest BCUT2D eigenvalue weighted by Gasteiger charge is 2.36. The summed E-state index contributed by atoms with van der Waals surface area (Å²) in [6.07, 6.45) is 7.34. The zero-order valence-electron chi connectivity index (χ0n) is 18.6. The van der Waals surface area contributed by atoms with Gasteiger partial charge in [0.1, 0.15) is 11.8 Å². The van der Waals surface area contributed by atoms with Crippen LogP contribution in [0.4, 0.5) is 10.7 Å². The predicted octanol–water partition coefficient (Wildman–Crippen LogP) is 3.16. The third-order valence-electron chi connectivity index (χ3n) is 6.02. The standard InChI is InChI=1S/C22H28N6O4S/c1-2-31-19(29)17-15(23-20(30)24-18(17)16-7-6-12-32-16)13-33-22-26-25-21(28(22)14-8-9-14)27-10-4-3-5-11-27/h6-7,12,14,18H,2-5,8-11,13H2,1H3,(H2,23,24,30). The van der Waals surface area contributed by atoms with Gasteiger partial charge in [0, 0.05) is 30.6 Å². The Kier molecular flexibility index (Phi) is 6.30. The van der Waals surface area contributed by atoms with Gasteiger partial charge in [0.25, 0.3) is 0 Å². The number of ether oxygens (including phenoxy) is 1. The molecule has 2 aromatic rings. The molecule has 2 amide bonds. The molecule has 1 saturated carbocycles. The second-order valence-electron chi connectivity index (χ2n) is 8.38. The first kappa shape index (κ1) is 21.9. The summed E-state index contributed by atoms with van der Waals surface area (Å²) < 4.78 is 13.0. The van der Waals surface area contributed by atoms with Crippen LogP contribution in [0.25, 0.3) is 0 Å². The Morgan fingerprint density at radius 3 is 2.79 bits per heavy atom. The molecule has 0 spiro atoms. The minimum absolute atomic E-state index is 0.233. The number of piperidine rings is 1. The van der Waals surface area contributed by atoms with Crippen molar-refractivity contribution >= 4 is 29.7 Å². The Balaban J connectivity index is 1.43. The maximum atomic E-state index is 12.9. The number of furan rings is 1. The molecule has 2 N–H and O–H groups in total. The van der Waals surface area contributed by atoms with E-state index in [2.05, 4.69) is 30.3 Å². The Hall–Kier alpha value is -2.95. The molecule has 33 heavy (non-hydrogen) atoms. The monoisotopic (exact) mass is 472 g/mol. The molecule has 5 rings (SSSR count). The smallest absolute Gasteiger partial charge is 0.338 e. The summed E-state index contributed by atoms with van der Waals surface area (Å²) in [5.41, 5.74) is 0.834. The molecular weight excluding hydrogens is 444 g/mol. The number of hydrogen-bond donors (Lipinski definition) is 2. The zero-order chi connectivity index (χ0) is 22.8. The number of amides is 2. The SMILES string of the molecule is CCOC(=O)C1=C(CSc2nnc(N3CCCCC3)n2C2CC2)NC(=O)NC1c1ccco1. The van der Waals surface area contributed by atoms with Crippen molar-refractivity contribution in [3.63, 3.8) is 0 Å². The number of carbonyl (C=O) groups is 2. The number of aromatic nitrogens is 3. The van der Waals surface area contributed by atoms with Gasteiger partial charge in [-0.05, 0) is 51.2 Å². The quantitative estimate of drug-likeness (QED) is 0.445. The van der Waals surface area contributed by atoms with E-state index in [9.17, 15) is 9.59 Å². The van der Waals surface area contributed by atoms with E-state index in [0.717, 1.165) is 37.0 Å². The molecule has 10 nitrogen and oxygen atoms in total. The highest BCUT2D eigenvalue weighted by molar-refractivity contribution is 7.99. The molecule has 1 aliphatic carbocycles. The second-order valence-corrected chi connectivity index (χ2v) is 9.32. The van der Waals surface area contributed by atoms with Gasteiger partial charge in [0.15, 0.2) is 5.16 Å². The van der Waals surface area contributed by atoms with Crippen molar-refractivity contribution in [2.45, 2.75) is 56.3 Å². The number of nitrogens with one attached hydrogen (secondary N) is 2. The van der Waals surface area contributed by atoms with Crippen LogP contribution in [0, 0.1) is 0 Å². The van der Waals surface area contributed by atoms with Crippen molar-refractivity contribution in [1.82, 2.24) is 25.4 Å². The molecule has 0 bridgehead atoms. The topological polar surface area (TPSA) is 115 Å². The first-order valence-electron chi connectivity index (χ1n) is 11.5. The third kappa shape index (κ3) is 4.59. The summed E-state index contributed by atoms with van der Waals surface area (Å²) in [6.45, 7) is 3.99. The average molecular weight is 473 g/mol. The normalized spacial score (nSPS) is 21.1. The van der Waals surface area contributed by atoms with Crippen molar-refractivity contribution in [1.29, 1.82) is 0 Å². The Labute approximate surface area is 196 Å². The Morgan fingerprint density at radius 1 is 1.27 bits per heavy atom. The van der Waals surface area contributed by atoms with Crippen LogP contribution in [0.3, 0.4) is 0 Å². The number of urea groups is 1. The van der Waals surface area contributed by atoms with Gasteiger partial charge in [0.2, 0.25) is 5.95 Å². The van der Waals surface area contributed by atoms with Gasteiger partial charge in [-0.1, -0.05) is 11.8 Å². The predicted molar refractivity (Wildman–Crippen MR) is 122 cm³/mol. The van der Waals surface area contributed by atoms with Crippen LogP contribution < -0.4 is 15.5 Å². The minimum Gasteiger partial charge on any atom is -0.467 e. The molecule has 1 unspecified atom stereocenters. The molecule has 3 aliphatic rings. The van der Waals surface area contributed by atoms with E-state index in [4.69, 9.17) is 9.15 Å². The molecular formula is C22H28N6O4S. The largest absolute Gasteiger partial charge is 0.467 e. The van der Waals surface area contributed by atoms with E-state index in [1.807, 2.05) is 0 Å². The summed E-state index contributed by atoms with van der Waals surface area (Å²) in [7, 11) is 0. The van der Waals surface area contributed by atoms with Crippen LogP contribution in [-0.4, -0.2) is 52.2 Å². The molecule has 0 aromatic carbocycles. The van der Waals surface area contributed by atoms with Crippen molar-refractivity contribution in [2.75, 3.05) is 30.3 Å². The van der Waals surface area contributed by atoms with E-state index in [1.54, 1.807) is 19.1 Å². The summed E-state index contributed by atoms with van der Waals surface area (Å²) in [6, 6.07) is 2.76. The minimum atomic E-state index is -0.714. The maximum Gasteiger partial charge on any atom is 0.338 e. The molecule has 1 atom stereocenters. The van der Waals surface area contributed by atoms with Gasteiger partial charge in [0.05, 0.1) is 18.4 Å². The molecule has 176 valence electrons. The number of rotatable bonds is 8. The number of anilines is 1. The van der Waals surface area contributed by atoms with Crippen LogP contribution in [0.5, 0.6) is 0 Å². The fraction of sp³-hybridized carbons (Fsp3) is 0.545. The molecule has 2 fully saturated rings. The third-order valence-corrected chi connectivity index (χ3v) is 6.99. The molecule has 0 radical (unpaired) electrons. The molecule has 2 aromatic heterocycles. The van der Waals surface area contributed by atoms with Gasteiger partial charge in [-0.15, -0.1) is 10.2 Å². The van der Waals surface area contributed by atoms with E-state index in [1.165, 1.54) is 37.3 Å². The van der Waals surface area contributed by atoms with Gasteiger partial charge in [-0.25, -0.2) is 9.59 Å². The summed E-state index contributed by atoms with van der Waals surface area (Å²) in [5, 5.41) is 15.4. The lowest BCUT2D eigenvalue weighted by molar-refractivity contribution is -0.139. The van der Waals surface area contributed by atoms with E-state index in [0.29, 0.717) is 28.8 Å². The molecule has 4 heterocycles. The van der Waals surface area contributed by atoms with Crippen LogP contribution in [-0.2, 0) is 9.53 Å². The first-order valence-corrected chi connectivity index (χ1v) is 12.5. The second kappa shape index (κ2) is 9.50. The van der Waals surface area contributed by atoms with Crippen molar-refractivity contribution in [3.8, 4) is 0 Å². The number of nitrogens with zero attached hydrogens (tertiary/aromatic N) is 4. The van der Waals surface area contributed by atoms with Gasteiger partial charge in [-0.2, -0.15) is 0 Å². The highest BCUT2D eigenvalue weighted by atomic mass is 32.2. The number of thioether (sulfide) groups is 1.